The third-order valence-electron chi connectivity index (χ3n) is 3.00. The molecule has 0 saturated heterocycles. The van der Waals surface area contributed by atoms with Gasteiger partial charge >= 0.3 is 0 Å². The second-order valence-electron chi connectivity index (χ2n) is 4.37. The molecule has 0 radical (unpaired) electrons. The first-order chi connectivity index (χ1) is 9.51. The average molecular weight is 391 g/mol. The lowest BCUT2D eigenvalue weighted by atomic mass is 10.1. The van der Waals surface area contributed by atoms with Crippen LogP contribution in [0.15, 0.2) is 50.7 Å². The monoisotopic (exact) mass is 389 g/mol. The molecule has 2 aromatic rings. The molecule has 5 heteroatoms. The first kappa shape index (κ1) is 16.2. The summed E-state index contributed by atoms with van der Waals surface area (Å²) < 4.78 is 1.10. The van der Waals surface area contributed by atoms with E-state index in [0.717, 1.165) is 14.3 Å². The van der Waals surface area contributed by atoms with Gasteiger partial charge in [-0.05, 0) is 49.9 Å². The van der Waals surface area contributed by atoms with E-state index in [1.54, 1.807) is 11.8 Å². The fourth-order valence-corrected chi connectivity index (χ4v) is 3.89. The van der Waals surface area contributed by atoms with Crippen LogP contribution in [0.5, 0.6) is 0 Å². The molecule has 0 saturated carbocycles. The van der Waals surface area contributed by atoms with E-state index in [4.69, 9.17) is 23.2 Å². The molecular formula is C15H14BrCl2NS. The second kappa shape index (κ2) is 7.19. The highest BCUT2D eigenvalue weighted by Crippen LogP contribution is 2.35. The number of hydrogen-bond donors (Lipinski definition) is 1. The summed E-state index contributed by atoms with van der Waals surface area (Å²) in [6, 6.07) is 12.3. The molecule has 20 heavy (non-hydrogen) atoms. The molecule has 1 nitrogen and oxygen atoms in total. The normalized spacial score (nSPS) is 12.4. The molecule has 0 aromatic heterocycles. The van der Waals surface area contributed by atoms with Crippen molar-refractivity contribution in [2.24, 2.45) is 0 Å². The third kappa shape index (κ3) is 3.92. The lowest BCUT2D eigenvalue weighted by molar-refractivity contribution is 0.649. The maximum absolute atomic E-state index is 6.03. The lowest BCUT2D eigenvalue weighted by Crippen LogP contribution is -2.12. The second-order valence-corrected chi connectivity index (χ2v) is 7.19. The van der Waals surface area contributed by atoms with Gasteiger partial charge in [-0.25, -0.2) is 0 Å². The molecule has 2 aromatic carbocycles. The molecule has 1 N–H and O–H groups in total. The number of nitrogens with one attached hydrogen (secondary N) is 1. The number of hydrogen-bond acceptors (Lipinski definition) is 2. The van der Waals surface area contributed by atoms with Crippen molar-refractivity contribution in [3.05, 3.63) is 56.5 Å². The molecule has 0 amide bonds. The SMILES string of the molecule is CNC(C)c1ccc(Sc2ccc(Cl)c(Cl)c2)cc1Br. The van der Waals surface area contributed by atoms with Crippen molar-refractivity contribution >= 4 is 50.9 Å². The predicted molar refractivity (Wildman–Crippen MR) is 92.2 cm³/mol. The van der Waals surface area contributed by atoms with Crippen LogP contribution in [0.1, 0.15) is 18.5 Å². The van der Waals surface area contributed by atoms with Crippen molar-refractivity contribution < 1.29 is 0 Å². The molecule has 106 valence electrons. The van der Waals surface area contributed by atoms with Gasteiger partial charge in [0.2, 0.25) is 0 Å². The van der Waals surface area contributed by atoms with Gasteiger partial charge in [0, 0.05) is 20.3 Å². The summed E-state index contributed by atoms with van der Waals surface area (Å²) in [7, 11) is 1.95. The van der Waals surface area contributed by atoms with Crippen molar-refractivity contribution in [3.8, 4) is 0 Å². The lowest BCUT2D eigenvalue weighted by Gasteiger charge is -2.13. The third-order valence-corrected chi connectivity index (χ3v) is 5.40. The summed E-state index contributed by atoms with van der Waals surface area (Å²) in [5.41, 5.74) is 1.24. The standard InChI is InChI=1S/C15H14BrCl2NS/c1-9(19-2)12-5-3-10(7-13(12)16)20-11-4-6-14(17)15(18)8-11/h3-9,19H,1-2H3. The summed E-state index contributed by atoms with van der Waals surface area (Å²) in [5, 5.41) is 4.39. The van der Waals surface area contributed by atoms with Crippen molar-refractivity contribution in [3.63, 3.8) is 0 Å². The minimum atomic E-state index is 0.313. The highest BCUT2D eigenvalue weighted by Gasteiger charge is 2.09. The van der Waals surface area contributed by atoms with Crippen LogP contribution in [0.3, 0.4) is 0 Å². The van der Waals surface area contributed by atoms with Crippen LogP contribution in [-0.2, 0) is 0 Å². The zero-order valence-corrected chi connectivity index (χ0v) is 15.0. The molecule has 1 atom stereocenters. The van der Waals surface area contributed by atoms with Crippen LogP contribution in [0, 0.1) is 0 Å². The summed E-state index contributed by atoms with van der Waals surface area (Å²) in [6.07, 6.45) is 0. The molecular weight excluding hydrogens is 377 g/mol. The number of benzene rings is 2. The topological polar surface area (TPSA) is 12.0 Å². The summed E-state index contributed by atoms with van der Waals surface area (Å²) in [5.74, 6) is 0. The van der Waals surface area contributed by atoms with E-state index in [9.17, 15) is 0 Å². The highest BCUT2D eigenvalue weighted by molar-refractivity contribution is 9.10. The van der Waals surface area contributed by atoms with Crippen molar-refractivity contribution in [2.45, 2.75) is 22.8 Å². The maximum Gasteiger partial charge on any atom is 0.0603 e. The minimum Gasteiger partial charge on any atom is -0.313 e. The van der Waals surface area contributed by atoms with Gasteiger partial charge in [0.25, 0.3) is 0 Å². The Kier molecular flexibility index (Phi) is 5.82. The molecule has 0 fully saturated rings. The zero-order valence-electron chi connectivity index (χ0n) is 11.1. The van der Waals surface area contributed by atoms with Crippen LogP contribution >= 0.6 is 50.9 Å². The van der Waals surface area contributed by atoms with Crippen molar-refractivity contribution in [2.75, 3.05) is 7.05 Å². The Morgan fingerprint density at radius 2 is 1.70 bits per heavy atom. The summed E-state index contributed by atoms with van der Waals surface area (Å²) in [6.45, 7) is 2.13. The fraction of sp³-hybridized carbons (Fsp3) is 0.200. The Balaban J connectivity index is 2.22. The zero-order chi connectivity index (χ0) is 14.7. The van der Waals surface area contributed by atoms with Gasteiger partial charge in [-0.15, -0.1) is 0 Å². The van der Waals surface area contributed by atoms with Gasteiger partial charge < -0.3 is 5.32 Å². The Hall–Kier alpha value is -0.190. The fourth-order valence-electron chi connectivity index (χ4n) is 1.75. The van der Waals surface area contributed by atoms with Crippen LogP contribution in [-0.4, -0.2) is 7.05 Å². The minimum absolute atomic E-state index is 0.313. The van der Waals surface area contributed by atoms with Gasteiger partial charge in [0.1, 0.15) is 0 Å². The van der Waals surface area contributed by atoms with Gasteiger partial charge in [0.05, 0.1) is 10.0 Å². The predicted octanol–water partition coefficient (Wildman–Crippen LogP) is 6.19. The Labute approximate surface area is 142 Å². The van der Waals surface area contributed by atoms with E-state index < -0.39 is 0 Å². The van der Waals surface area contributed by atoms with Gasteiger partial charge in [0.15, 0.2) is 0 Å². The largest absolute Gasteiger partial charge is 0.313 e. The Bertz CT molecular complexity index is 619. The number of rotatable bonds is 4. The van der Waals surface area contributed by atoms with Crippen molar-refractivity contribution in [1.82, 2.24) is 5.32 Å². The van der Waals surface area contributed by atoms with Crippen LogP contribution in [0.25, 0.3) is 0 Å². The van der Waals surface area contributed by atoms with E-state index in [1.807, 2.05) is 25.2 Å². The van der Waals surface area contributed by atoms with Crippen LogP contribution in [0.2, 0.25) is 10.0 Å². The first-order valence-corrected chi connectivity index (χ1v) is 8.47. The first-order valence-electron chi connectivity index (χ1n) is 6.11. The molecule has 0 bridgehead atoms. The Morgan fingerprint density at radius 1 is 1.05 bits per heavy atom. The highest BCUT2D eigenvalue weighted by atomic mass is 79.9. The molecule has 1 unspecified atom stereocenters. The van der Waals surface area contributed by atoms with Gasteiger partial charge in [-0.1, -0.05) is 57.0 Å². The summed E-state index contributed by atoms with van der Waals surface area (Å²) in [4.78, 5) is 2.23. The molecule has 0 aliphatic heterocycles. The van der Waals surface area contributed by atoms with E-state index in [1.165, 1.54) is 5.56 Å². The van der Waals surface area contributed by atoms with Gasteiger partial charge in [-0.2, -0.15) is 0 Å². The van der Waals surface area contributed by atoms with Crippen LogP contribution in [0.4, 0.5) is 0 Å². The van der Waals surface area contributed by atoms with Gasteiger partial charge in [-0.3, -0.25) is 0 Å². The quantitative estimate of drug-likeness (QED) is 0.667. The van der Waals surface area contributed by atoms with Crippen molar-refractivity contribution in [1.29, 1.82) is 0 Å². The van der Waals surface area contributed by atoms with E-state index >= 15 is 0 Å². The van der Waals surface area contributed by atoms with E-state index in [-0.39, 0.29) is 0 Å². The van der Waals surface area contributed by atoms with Crippen LogP contribution < -0.4 is 5.32 Å². The van der Waals surface area contributed by atoms with E-state index in [0.29, 0.717) is 16.1 Å². The Morgan fingerprint density at radius 3 is 2.30 bits per heavy atom. The van der Waals surface area contributed by atoms with E-state index in [2.05, 4.69) is 46.4 Å². The molecule has 0 spiro atoms. The smallest absolute Gasteiger partial charge is 0.0603 e. The molecule has 0 aliphatic carbocycles. The molecule has 0 aliphatic rings. The molecule has 0 heterocycles. The maximum atomic E-state index is 6.03. The molecule has 2 rings (SSSR count). The summed E-state index contributed by atoms with van der Waals surface area (Å²) >= 11 is 17.2. The number of halogens is 3. The average Bonchev–Trinajstić information content (AvgIpc) is 2.42.